The number of rotatable bonds is 3. The van der Waals surface area contributed by atoms with Gasteiger partial charge < -0.3 is 19.1 Å². The summed E-state index contributed by atoms with van der Waals surface area (Å²) in [4.78, 5) is 21.2. The molecule has 3 aliphatic heterocycles. The first-order chi connectivity index (χ1) is 13.2. The fraction of sp³-hybridized carbons (Fsp3) is 0.471. The minimum Gasteiger partial charge on any atom is -0.454 e. The van der Waals surface area contributed by atoms with Gasteiger partial charge in [0.15, 0.2) is 11.5 Å². The summed E-state index contributed by atoms with van der Waals surface area (Å²) < 4.78 is 16.2. The highest BCUT2D eigenvalue weighted by atomic mass is 32.2. The molecule has 0 radical (unpaired) electrons. The van der Waals surface area contributed by atoms with Crippen LogP contribution in [0.3, 0.4) is 0 Å². The van der Waals surface area contributed by atoms with Crippen molar-refractivity contribution in [1.82, 2.24) is 15.2 Å². The van der Waals surface area contributed by atoms with Crippen LogP contribution in [-0.4, -0.2) is 59.4 Å². The van der Waals surface area contributed by atoms with Crippen LogP contribution in [0.25, 0.3) is 0 Å². The van der Waals surface area contributed by atoms with Crippen LogP contribution in [0.5, 0.6) is 11.5 Å². The second-order valence-corrected chi connectivity index (χ2v) is 7.94. The quantitative estimate of drug-likeness (QED) is 0.845. The van der Waals surface area contributed by atoms with E-state index in [0.29, 0.717) is 30.9 Å². The number of H-pyrrole nitrogens is 1. The van der Waals surface area contributed by atoms with Crippen LogP contribution in [0.2, 0.25) is 0 Å². The zero-order valence-electron chi connectivity index (χ0n) is 14.8. The number of aromatic amines is 1. The number of nitrogens with one attached hydrogen (secondary N) is 1. The SMILES string of the molecule is CC1S[C@H](c2ccc3c(c2)OCO3)N(c2nc(N3CCOCC3)n[nH]2)C1=O. The molecule has 1 amide bonds. The van der Waals surface area contributed by atoms with Crippen LogP contribution in [0, 0.1) is 0 Å². The van der Waals surface area contributed by atoms with Gasteiger partial charge in [0, 0.05) is 13.1 Å². The molecule has 3 aliphatic rings. The monoisotopic (exact) mass is 389 g/mol. The second-order valence-electron chi connectivity index (χ2n) is 6.51. The van der Waals surface area contributed by atoms with Crippen molar-refractivity contribution < 1.29 is 19.0 Å². The first kappa shape index (κ1) is 16.7. The summed E-state index contributed by atoms with van der Waals surface area (Å²) in [5.74, 6) is 2.48. The van der Waals surface area contributed by atoms with Gasteiger partial charge in [-0.05, 0) is 24.6 Å². The summed E-state index contributed by atoms with van der Waals surface area (Å²) >= 11 is 1.58. The Kier molecular flexibility index (Phi) is 4.09. The topological polar surface area (TPSA) is 92.8 Å². The minimum atomic E-state index is -0.201. The summed E-state index contributed by atoms with van der Waals surface area (Å²) in [6.07, 6.45) is 0. The fourth-order valence-electron chi connectivity index (χ4n) is 3.39. The Bertz CT molecular complexity index is 869. The summed E-state index contributed by atoms with van der Waals surface area (Å²) in [5, 5.41) is 6.89. The van der Waals surface area contributed by atoms with Gasteiger partial charge in [0.25, 0.3) is 0 Å². The number of amides is 1. The van der Waals surface area contributed by atoms with E-state index in [1.165, 1.54) is 0 Å². The van der Waals surface area contributed by atoms with E-state index in [0.717, 1.165) is 24.4 Å². The van der Waals surface area contributed by atoms with Crippen molar-refractivity contribution >= 4 is 29.6 Å². The second kappa shape index (κ2) is 6.61. The number of fused-ring (bicyclic) bond motifs is 1. The van der Waals surface area contributed by atoms with Gasteiger partial charge in [-0.3, -0.25) is 9.69 Å². The molecule has 5 rings (SSSR count). The standard InChI is InChI=1S/C17H19N5O4S/c1-10-14(23)22(17-18-16(19-20-17)21-4-6-24-7-5-21)15(27-10)11-2-3-12-13(8-11)26-9-25-12/h2-3,8,10,15H,4-7,9H2,1H3,(H,18,19,20)/t10?,15-/m1/s1. The van der Waals surface area contributed by atoms with Crippen molar-refractivity contribution in [2.45, 2.75) is 17.5 Å². The molecule has 0 saturated carbocycles. The third-order valence-electron chi connectivity index (χ3n) is 4.82. The number of ether oxygens (including phenoxy) is 3. The molecule has 0 aliphatic carbocycles. The number of nitrogens with zero attached hydrogens (tertiary/aromatic N) is 4. The number of hydrogen-bond acceptors (Lipinski definition) is 8. The number of anilines is 2. The normalized spacial score (nSPS) is 24.7. The molecule has 1 aromatic carbocycles. The van der Waals surface area contributed by atoms with E-state index < -0.39 is 0 Å². The van der Waals surface area contributed by atoms with Gasteiger partial charge in [-0.2, -0.15) is 4.98 Å². The largest absolute Gasteiger partial charge is 0.454 e. The molecule has 1 unspecified atom stereocenters. The summed E-state index contributed by atoms with van der Waals surface area (Å²) in [7, 11) is 0. The number of benzene rings is 1. The smallest absolute Gasteiger partial charge is 0.246 e. The average molecular weight is 389 g/mol. The minimum absolute atomic E-state index is 0.00680. The van der Waals surface area contributed by atoms with Crippen molar-refractivity contribution in [2.24, 2.45) is 0 Å². The number of hydrogen-bond donors (Lipinski definition) is 1. The van der Waals surface area contributed by atoms with Crippen LogP contribution < -0.4 is 19.3 Å². The highest BCUT2D eigenvalue weighted by Crippen LogP contribution is 2.46. The van der Waals surface area contributed by atoms with Gasteiger partial charge in [0.1, 0.15) is 5.37 Å². The molecule has 2 fully saturated rings. The molecule has 0 spiro atoms. The summed E-state index contributed by atoms with van der Waals surface area (Å²) in [6, 6.07) is 5.77. The highest BCUT2D eigenvalue weighted by Gasteiger charge is 2.42. The van der Waals surface area contributed by atoms with Crippen molar-refractivity contribution in [3.05, 3.63) is 23.8 Å². The van der Waals surface area contributed by atoms with Gasteiger partial charge in [-0.25, -0.2) is 5.10 Å². The van der Waals surface area contributed by atoms with E-state index in [2.05, 4.69) is 20.1 Å². The molecule has 4 heterocycles. The Balaban J connectivity index is 1.46. The first-order valence-corrected chi connectivity index (χ1v) is 9.78. The molecule has 9 nitrogen and oxygen atoms in total. The van der Waals surface area contributed by atoms with Gasteiger partial charge >= 0.3 is 0 Å². The van der Waals surface area contributed by atoms with Gasteiger partial charge in [-0.1, -0.05) is 6.07 Å². The molecule has 1 aromatic heterocycles. The maximum atomic E-state index is 12.8. The fourth-order valence-corrected chi connectivity index (χ4v) is 4.64. The van der Waals surface area contributed by atoms with Gasteiger partial charge in [-0.15, -0.1) is 16.9 Å². The van der Waals surface area contributed by atoms with Crippen LogP contribution >= 0.6 is 11.8 Å². The maximum absolute atomic E-state index is 12.8. The van der Waals surface area contributed by atoms with E-state index in [1.54, 1.807) is 16.7 Å². The van der Waals surface area contributed by atoms with Crippen molar-refractivity contribution in [2.75, 3.05) is 42.9 Å². The van der Waals surface area contributed by atoms with Crippen LogP contribution in [-0.2, 0) is 9.53 Å². The predicted molar refractivity (Wildman–Crippen MR) is 99.3 cm³/mol. The molecular weight excluding hydrogens is 370 g/mol. The van der Waals surface area contributed by atoms with Crippen LogP contribution in [0.4, 0.5) is 11.9 Å². The van der Waals surface area contributed by atoms with Crippen molar-refractivity contribution in [3.63, 3.8) is 0 Å². The van der Waals surface area contributed by atoms with E-state index in [-0.39, 0.29) is 23.3 Å². The van der Waals surface area contributed by atoms with Crippen molar-refractivity contribution in [1.29, 1.82) is 0 Å². The van der Waals surface area contributed by atoms with E-state index in [1.807, 2.05) is 25.1 Å². The lowest BCUT2D eigenvalue weighted by molar-refractivity contribution is -0.117. The molecule has 27 heavy (non-hydrogen) atoms. The third-order valence-corrected chi connectivity index (χ3v) is 6.17. The van der Waals surface area contributed by atoms with E-state index >= 15 is 0 Å². The Morgan fingerprint density at radius 3 is 2.89 bits per heavy atom. The zero-order chi connectivity index (χ0) is 18.4. The Morgan fingerprint density at radius 1 is 1.22 bits per heavy atom. The van der Waals surface area contributed by atoms with Crippen molar-refractivity contribution in [3.8, 4) is 11.5 Å². The highest BCUT2D eigenvalue weighted by molar-refractivity contribution is 8.01. The maximum Gasteiger partial charge on any atom is 0.246 e. The lowest BCUT2D eigenvalue weighted by atomic mass is 10.2. The van der Waals surface area contributed by atoms with E-state index in [9.17, 15) is 4.79 Å². The number of carbonyl (C=O) groups is 1. The summed E-state index contributed by atoms with van der Waals surface area (Å²) in [6.45, 7) is 4.91. The Hall–Kier alpha value is -2.46. The lowest BCUT2D eigenvalue weighted by Crippen LogP contribution is -2.37. The Morgan fingerprint density at radius 2 is 2.04 bits per heavy atom. The first-order valence-electron chi connectivity index (χ1n) is 8.84. The Labute approximate surface area is 160 Å². The molecule has 1 N–H and O–H groups in total. The molecule has 2 aromatic rings. The zero-order valence-corrected chi connectivity index (χ0v) is 15.6. The predicted octanol–water partition coefficient (Wildman–Crippen LogP) is 1.54. The van der Waals surface area contributed by atoms with Gasteiger partial charge in [0.05, 0.1) is 18.5 Å². The number of carbonyl (C=O) groups excluding carboxylic acids is 1. The molecule has 2 atom stereocenters. The van der Waals surface area contributed by atoms with Crippen LogP contribution in [0.1, 0.15) is 17.9 Å². The molecule has 2 saturated heterocycles. The molecular formula is C17H19N5O4S. The number of morpholine rings is 1. The number of aromatic nitrogens is 3. The number of thioether (sulfide) groups is 1. The summed E-state index contributed by atoms with van der Waals surface area (Å²) in [5.41, 5.74) is 0.964. The van der Waals surface area contributed by atoms with Crippen LogP contribution in [0.15, 0.2) is 18.2 Å². The lowest BCUT2D eigenvalue weighted by Gasteiger charge is -2.25. The van der Waals surface area contributed by atoms with Gasteiger partial charge in [0.2, 0.25) is 24.6 Å². The molecule has 0 bridgehead atoms. The molecule has 10 heteroatoms. The average Bonchev–Trinajstić information content (AvgIpc) is 3.42. The third kappa shape index (κ3) is 2.88. The van der Waals surface area contributed by atoms with E-state index in [4.69, 9.17) is 14.2 Å². The molecule has 142 valence electrons.